The van der Waals surface area contributed by atoms with Crippen molar-refractivity contribution in [2.75, 3.05) is 19.6 Å². The molecule has 1 aromatic heterocycles. The molecule has 7 heteroatoms. The number of piperidine rings is 1. The molecule has 1 unspecified atom stereocenters. The summed E-state index contributed by atoms with van der Waals surface area (Å²) in [5.74, 6) is 0.0276. The highest BCUT2D eigenvalue weighted by molar-refractivity contribution is 5.92. The van der Waals surface area contributed by atoms with Crippen LogP contribution in [-0.4, -0.2) is 51.5 Å². The van der Waals surface area contributed by atoms with Gasteiger partial charge in [0.25, 0.3) is 5.91 Å². The number of nitrogens with zero attached hydrogens (tertiary/aromatic N) is 4. The maximum absolute atomic E-state index is 13.0. The van der Waals surface area contributed by atoms with Gasteiger partial charge >= 0.3 is 0 Å². The molecule has 6 nitrogen and oxygen atoms in total. The topological polar surface area (TPSA) is 63.1 Å². The lowest BCUT2D eigenvalue weighted by atomic mass is 10.0. The Labute approximate surface area is 166 Å². The number of carbonyl (C=O) groups is 1. The first kappa shape index (κ1) is 19.8. The molecule has 1 amide bonds. The molecule has 1 atom stereocenters. The average Bonchev–Trinajstić information content (AvgIpc) is 3.34. The number of amides is 1. The first-order valence-electron chi connectivity index (χ1n) is 9.70. The molecule has 2 aromatic rings. The number of aryl methyl sites for hydroxylation is 1. The Morgan fingerprint density at radius 2 is 1.93 bits per heavy atom. The van der Waals surface area contributed by atoms with Gasteiger partial charge in [0.2, 0.25) is 0 Å². The lowest BCUT2D eigenvalue weighted by molar-refractivity contribution is 0.0730. The smallest absolute Gasteiger partial charge is 0.276 e. The zero-order chi connectivity index (χ0) is 17.9. The molecule has 2 aliphatic rings. The Balaban J connectivity index is 0.00000210. The van der Waals surface area contributed by atoms with Crippen LogP contribution in [0.3, 0.4) is 0 Å². The van der Waals surface area contributed by atoms with E-state index in [2.05, 4.69) is 46.8 Å². The van der Waals surface area contributed by atoms with Crippen molar-refractivity contribution in [3.8, 4) is 0 Å². The molecular formula is C20H28ClN5O. The van der Waals surface area contributed by atoms with Crippen molar-refractivity contribution in [1.82, 2.24) is 25.2 Å². The average molecular weight is 390 g/mol. The van der Waals surface area contributed by atoms with Crippen molar-refractivity contribution >= 4 is 18.3 Å². The fraction of sp³-hybridized carbons (Fsp3) is 0.550. The van der Waals surface area contributed by atoms with Gasteiger partial charge in [-0.15, -0.1) is 17.5 Å². The van der Waals surface area contributed by atoms with Crippen LogP contribution in [0.2, 0.25) is 0 Å². The predicted molar refractivity (Wildman–Crippen MR) is 107 cm³/mol. The van der Waals surface area contributed by atoms with E-state index in [4.69, 9.17) is 0 Å². The number of hydrogen-bond acceptors (Lipinski definition) is 4. The Bertz CT molecular complexity index is 754. The minimum absolute atomic E-state index is 0. The first-order chi connectivity index (χ1) is 12.7. The minimum Gasteiger partial charge on any atom is -0.334 e. The molecule has 1 aromatic carbocycles. The van der Waals surface area contributed by atoms with E-state index in [0.29, 0.717) is 11.7 Å². The number of nitrogens with one attached hydrogen (secondary N) is 1. The van der Waals surface area contributed by atoms with Crippen LogP contribution in [0.4, 0.5) is 0 Å². The number of likely N-dealkylation sites (tertiary alicyclic amines) is 1. The van der Waals surface area contributed by atoms with Crippen molar-refractivity contribution < 1.29 is 4.79 Å². The van der Waals surface area contributed by atoms with Crippen LogP contribution in [0.15, 0.2) is 30.5 Å². The molecule has 2 aliphatic heterocycles. The van der Waals surface area contributed by atoms with Crippen molar-refractivity contribution in [1.29, 1.82) is 0 Å². The molecule has 146 valence electrons. The molecule has 0 bridgehead atoms. The van der Waals surface area contributed by atoms with Crippen LogP contribution >= 0.6 is 12.4 Å². The highest BCUT2D eigenvalue weighted by Gasteiger charge is 2.31. The predicted octanol–water partition coefficient (Wildman–Crippen LogP) is 2.78. The monoisotopic (exact) mass is 389 g/mol. The summed E-state index contributed by atoms with van der Waals surface area (Å²) >= 11 is 0. The summed E-state index contributed by atoms with van der Waals surface area (Å²) in [6, 6.07) is 9.23. The maximum atomic E-state index is 13.0. The van der Waals surface area contributed by atoms with Crippen molar-refractivity contribution in [3.05, 3.63) is 47.3 Å². The number of halogens is 1. The maximum Gasteiger partial charge on any atom is 0.276 e. The van der Waals surface area contributed by atoms with Crippen LogP contribution in [0.25, 0.3) is 0 Å². The van der Waals surface area contributed by atoms with E-state index in [0.717, 1.165) is 51.7 Å². The van der Waals surface area contributed by atoms with Gasteiger partial charge in [-0.25, -0.2) is 4.68 Å². The van der Waals surface area contributed by atoms with Gasteiger partial charge in [0.15, 0.2) is 5.69 Å². The summed E-state index contributed by atoms with van der Waals surface area (Å²) in [6.45, 7) is 4.91. The highest BCUT2D eigenvalue weighted by atomic mass is 35.5. The van der Waals surface area contributed by atoms with Crippen LogP contribution in [-0.2, 0) is 6.42 Å². The molecule has 2 fully saturated rings. The number of rotatable bonds is 4. The molecule has 0 aliphatic carbocycles. The summed E-state index contributed by atoms with van der Waals surface area (Å²) in [6.07, 6.45) is 6.95. The summed E-state index contributed by atoms with van der Waals surface area (Å²) in [7, 11) is 0. The van der Waals surface area contributed by atoms with Gasteiger partial charge in [0.05, 0.1) is 12.2 Å². The van der Waals surface area contributed by atoms with Gasteiger partial charge in [-0.1, -0.05) is 35.0 Å². The van der Waals surface area contributed by atoms with Gasteiger partial charge in [-0.2, -0.15) is 0 Å². The zero-order valence-electron chi connectivity index (χ0n) is 15.8. The number of aromatic nitrogens is 3. The summed E-state index contributed by atoms with van der Waals surface area (Å²) in [4.78, 5) is 15.0. The molecule has 0 spiro atoms. The fourth-order valence-corrected chi connectivity index (χ4v) is 4.08. The minimum atomic E-state index is 0. The third-order valence-electron chi connectivity index (χ3n) is 5.64. The molecule has 27 heavy (non-hydrogen) atoms. The number of benzene rings is 1. The quantitative estimate of drug-likeness (QED) is 0.873. The third kappa shape index (κ3) is 4.50. The lowest BCUT2D eigenvalue weighted by Gasteiger charge is -2.24. The van der Waals surface area contributed by atoms with E-state index < -0.39 is 0 Å². The third-order valence-corrected chi connectivity index (χ3v) is 5.64. The van der Waals surface area contributed by atoms with Gasteiger partial charge in [-0.3, -0.25) is 4.79 Å². The summed E-state index contributed by atoms with van der Waals surface area (Å²) < 4.78 is 1.89. The Morgan fingerprint density at radius 1 is 1.19 bits per heavy atom. The summed E-state index contributed by atoms with van der Waals surface area (Å²) in [5.41, 5.74) is 3.04. The van der Waals surface area contributed by atoms with E-state index in [1.807, 2.05) is 15.8 Å². The highest BCUT2D eigenvalue weighted by Crippen LogP contribution is 2.24. The number of hydrogen-bond donors (Lipinski definition) is 1. The standard InChI is InChI=1S/C20H27N5O.ClH/c1-15-4-6-16(7-5-15)13-18-3-2-12-24(18)20(26)19-14-25(23-22-19)17-8-10-21-11-9-17;/h4-7,14,17-18,21H,2-3,8-13H2,1H3;1H. The van der Waals surface area contributed by atoms with Crippen molar-refractivity contribution in [3.63, 3.8) is 0 Å². The van der Waals surface area contributed by atoms with Gasteiger partial charge in [0.1, 0.15) is 0 Å². The second-order valence-corrected chi connectivity index (χ2v) is 7.55. The molecule has 4 rings (SSSR count). The second kappa shape index (κ2) is 8.85. The van der Waals surface area contributed by atoms with Crippen LogP contribution in [0.5, 0.6) is 0 Å². The van der Waals surface area contributed by atoms with Crippen LogP contribution in [0.1, 0.15) is 53.3 Å². The SMILES string of the molecule is Cc1ccc(CC2CCCN2C(=O)c2cn(C3CCNCC3)nn2)cc1.Cl. The van der Waals surface area contributed by atoms with E-state index in [-0.39, 0.29) is 24.4 Å². The Hall–Kier alpha value is -1.92. The van der Waals surface area contributed by atoms with Gasteiger partial charge in [0, 0.05) is 12.6 Å². The molecule has 1 N–H and O–H groups in total. The first-order valence-corrected chi connectivity index (χ1v) is 9.70. The Morgan fingerprint density at radius 3 is 2.67 bits per heavy atom. The molecular weight excluding hydrogens is 362 g/mol. The van der Waals surface area contributed by atoms with Crippen LogP contribution < -0.4 is 5.32 Å². The molecule has 0 saturated carbocycles. The van der Waals surface area contributed by atoms with E-state index in [1.54, 1.807) is 0 Å². The van der Waals surface area contributed by atoms with Crippen LogP contribution in [0, 0.1) is 6.92 Å². The second-order valence-electron chi connectivity index (χ2n) is 7.55. The van der Waals surface area contributed by atoms with E-state index in [9.17, 15) is 4.79 Å². The normalized spacial score (nSPS) is 20.5. The molecule has 3 heterocycles. The van der Waals surface area contributed by atoms with Crippen molar-refractivity contribution in [2.24, 2.45) is 0 Å². The fourth-order valence-electron chi connectivity index (χ4n) is 4.08. The zero-order valence-corrected chi connectivity index (χ0v) is 16.6. The number of carbonyl (C=O) groups excluding carboxylic acids is 1. The van der Waals surface area contributed by atoms with E-state index >= 15 is 0 Å². The Kier molecular flexibility index (Phi) is 6.50. The van der Waals surface area contributed by atoms with Gasteiger partial charge in [-0.05, 0) is 57.7 Å². The molecule has 0 radical (unpaired) electrons. The van der Waals surface area contributed by atoms with Gasteiger partial charge < -0.3 is 10.2 Å². The molecule has 2 saturated heterocycles. The van der Waals surface area contributed by atoms with Crippen molar-refractivity contribution in [2.45, 2.75) is 51.1 Å². The largest absolute Gasteiger partial charge is 0.334 e. The summed E-state index contributed by atoms with van der Waals surface area (Å²) in [5, 5.41) is 11.8. The lowest BCUT2D eigenvalue weighted by Crippen LogP contribution is -2.37. The van der Waals surface area contributed by atoms with E-state index in [1.165, 1.54) is 11.1 Å².